The largest absolute Gasteiger partial charge is 0.433 e. The van der Waals surface area contributed by atoms with Crippen molar-refractivity contribution in [2.45, 2.75) is 6.92 Å². The number of anilines is 1. The van der Waals surface area contributed by atoms with Crippen LogP contribution in [-0.2, 0) is 0 Å². The summed E-state index contributed by atoms with van der Waals surface area (Å²) >= 11 is 5.66. The van der Waals surface area contributed by atoms with Crippen LogP contribution in [0.1, 0.15) is 17.5 Å². The summed E-state index contributed by atoms with van der Waals surface area (Å²) in [6.45, 7) is 1.80. The topological polar surface area (TPSA) is 76.6 Å². The molecule has 2 aromatic rings. The number of benzene rings is 1. The first-order valence-corrected chi connectivity index (χ1v) is 6.33. The van der Waals surface area contributed by atoms with Gasteiger partial charge in [0, 0.05) is 11.6 Å². The Labute approximate surface area is 123 Å². The number of rotatable bonds is 4. The quantitative estimate of drug-likeness (QED) is 0.638. The van der Waals surface area contributed by atoms with Crippen LogP contribution in [0.4, 0.5) is 16.0 Å². The van der Waals surface area contributed by atoms with Crippen LogP contribution in [0.15, 0.2) is 34.7 Å². The summed E-state index contributed by atoms with van der Waals surface area (Å²) in [6, 6.07) is 6.13. The van der Waals surface area contributed by atoms with Gasteiger partial charge in [-0.25, -0.2) is 4.39 Å². The molecule has 0 spiro atoms. The Bertz CT molecular complexity index is 701. The maximum atomic E-state index is 13.9. The molecule has 1 aromatic heterocycles. The standard InChI is InChI=1S/C13H10ClFN2O4/c1-2-16(10-4-3-8(14)7-9(10)15)13(18)11-5-6-12(21-11)17(19)20/h3-7H,2H2,1H3. The highest BCUT2D eigenvalue weighted by molar-refractivity contribution is 6.30. The van der Waals surface area contributed by atoms with Crippen LogP contribution in [-0.4, -0.2) is 17.4 Å². The SMILES string of the molecule is CCN(C(=O)c1ccc([N+](=O)[O-])o1)c1ccc(Cl)cc1F. The fourth-order valence-corrected chi connectivity index (χ4v) is 1.96. The van der Waals surface area contributed by atoms with E-state index >= 15 is 0 Å². The highest BCUT2D eigenvalue weighted by Crippen LogP contribution is 2.25. The normalized spacial score (nSPS) is 10.4. The number of hydrogen-bond donors (Lipinski definition) is 0. The second-order valence-electron chi connectivity index (χ2n) is 4.04. The number of carbonyl (C=O) groups is 1. The summed E-state index contributed by atoms with van der Waals surface area (Å²) < 4.78 is 18.7. The molecule has 0 aliphatic heterocycles. The fourth-order valence-electron chi connectivity index (χ4n) is 1.80. The van der Waals surface area contributed by atoms with Gasteiger partial charge in [0.15, 0.2) is 5.76 Å². The van der Waals surface area contributed by atoms with Crippen LogP contribution in [0.2, 0.25) is 5.02 Å². The van der Waals surface area contributed by atoms with E-state index in [1.807, 2.05) is 0 Å². The summed E-state index contributed by atoms with van der Waals surface area (Å²) in [5.74, 6) is -2.13. The lowest BCUT2D eigenvalue weighted by molar-refractivity contribution is -0.402. The van der Waals surface area contributed by atoms with Gasteiger partial charge in [0.05, 0.1) is 11.8 Å². The van der Waals surface area contributed by atoms with Crippen molar-refractivity contribution in [3.05, 3.63) is 57.0 Å². The monoisotopic (exact) mass is 312 g/mol. The molecule has 0 bridgehead atoms. The van der Waals surface area contributed by atoms with Gasteiger partial charge in [0.25, 0.3) is 5.91 Å². The molecular formula is C13H10ClFN2O4. The van der Waals surface area contributed by atoms with E-state index in [4.69, 9.17) is 16.0 Å². The van der Waals surface area contributed by atoms with Crippen molar-refractivity contribution < 1.29 is 18.5 Å². The number of carbonyl (C=O) groups excluding carboxylic acids is 1. The molecule has 1 heterocycles. The molecule has 110 valence electrons. The molecule has 8 heteroatoms. The third-order valence-electron chi connectivity index (χ3n) is 2.74. The highest BCUT2D eigenvalue weighted by atomic mass is 35.5. The number of hydrogen-bond acceptors (Lipinski definition) is 4. The molecule has 0 N–H and O–H groups in total. The molecule has 1 aromatic carbocycles. The van der Waals surface area contributed by atoms with Crippen molar-refractivity contribution in [1.29, 1.82) is 0 Å². The smallest absolute Gasteiger partial charge is 0.395 e. The molecule has 0 unspecified atom stereocenters. The van der Waals surface area contributed by atoms with Gasteiger partial charge in [0.1, 0.15) is 10.7 Å². The average Bonchev–Trinajstić information content (AvgIpc) is 2.91. The third kappa shape index (κ3) is 3.03. The number of nitro groups is 1. The summed E-state index contributed by atoms with van der Waals surface area (Å²) in [5.41, 5.74) is 0.0194. The lowest BCUT2D eigenvalue weighted by atomic mass is 10.2. The minimum atomic E-state index is -0.754. The number of amides is 1. The molecule has 0 radical (unpaired) electrons. The first-order chi connectivity index (χ1) is 9.93. The predicted octanol–water partition coefficient (Wildman–Crippen LogP) is 3.65. The lowest BCUT2D eigenvalue weighted by Crippen LogP contribution is -2.31. The van der Waals surface area contributed by atoms with Crippen LogP contribution in [0, 0.1) is 15.9 Å². The molecular weight excluding hydrogens is 303 g/mol. The number of halogens is 2. The van der Waals surface area contributed by atoms with Crippen molar-refractivity contribution in [3.8, 4) is 0 Å². The van der Waals surface area contributed by atoms with Crippen LogP contribution in [0.3, 0.4) is 0 Å². The minimum Gasteiger partial charge on any atom is -0.395 e. The van der Waals surface area contributed by atoms with Gasteiger partial charge >= 0.3 is 5.88 Å². The Morgan fingerprint density at radius 3 is 2.67 bits per heavy atom. The summed E-state index contributed by atoms with van der Waals surface area (Å²) in [7, 11) is 0. The van der Waals surface area contributed by atoms with Gasteiger partial charge < -0.3 is 9.32 Å². The van der Waals surface area contributed by atoms with E-state index < -0.39 is 22.5 Å². The van der Waals surface area contributed by atoms with Crippen molar-refractivity contribution >= 4 is 29.1 Å². The highest BCUT2D eigenvalue weighted by Gasteiger charge is 2.24. The van der Waals surface area contributed by atoms with Crippen LogP contribution in [0.25, 0.3) is 0 Å². The molecule has 0 atom stereocenters. The van der Waals surface area contributed by atoms with E-state index in [0.29, 0.717) is 0 Å². The summed E-state index contributed by atoms with van der Waals surface area (Å²) in [5, 5.41) is 10.8. The lowest BCUT2D eigenvalue weighted by Gasteiger charge is -2.20. The first-order valence-electron chi connectivity index (χ1n) is 5.95. The molecule has 2 rings (SSSR count). The summed E-state index contributed by atoms with van der Waals surface area (Å²) in [6.07, 6.45) is 0. The Kier molecular flexibility index (Phi) is 4.23. The van der Waals surface area contributed by atoms with Gasteiger partial charge in [-0.2, -0.15) is 0 Å². The Balaban J connectivity index is 2.35. The van der Waals surface area contributed by atoms with Gasteiger partial charge in [0.2, 0.25) is 0 Å². The Morgan fingerprint density at radius 1 is 1.43 bits per heavy atom. The zero-order valence-corrected chi connectivity index (χ0v) is 11.6. The molecule has 0 aliphatic carbocycles. The molecule has 21 heavy (non-hydrogen) atoms. The molecule has 1 amide bonds. The van der Waals surface area contributed by atoms with E-state index in [9.17, 15) is 19.3 Å². The fraction of sp³-hybridized carbons (Fsp3) is 0.154. The first kappa shape index (κ1) is 15.0. The van der Waals surface area contributed by atoms with E-state index in [1.165, 1.54) is 18.2 Å². The second-order valence-corrected chi connectivity index (χ2v) is 4.48. The zero-order chi connectivity index (χ0) is 15.6. The zero-order valence-electron chi connectivity index (χ0n) is 10.9. The Morgan fingerprint density at radius 2 is 2.14 bits per heavy atom. The van der Waals surface area contributed by atoms with Crippen LogP contribution < -0.4 is 4.90 Å². The molecule has 0 saturated heterocycles. The van der Waals surface area contributed by atoms with Gasteiger partial charge in [-0.05, 0) is 31.2 Å². The van der Waals surface area contributed by atoms with E-state index in [0.717, 1.165) is 17.0 Å². The van der Waals surface area contributed by atoms with Crippen molar-refractivity contribution in [1.82, 2.24) is 0 Å². The maximum Gasteiger partial charge on any atom is 0.433 e. The van der Waals surface area contributed by atoms with E-state index in [-0.39, 0.29) is 23.0 Å². The van der Waals surface area contributed by atoms with Gasteiger partial charge in [-0.3, -0.25) is 14.9 Å². The van der Waals surface area contributed by atoms with Gasteiger partial charge in [-0.1, -0.05) is 11.6 Å². The van der Waals surface area contributed by atoms with Crippen molar-refractivity contribution in [2.24, 2.45) is 0 Å². The number of furan rings is 1. The third-order valence-corrected chi connectivity index (χ3v) is 2.98. The van der Waals surface area contributed by atoms with E-state index in [2.05, 4.69) is 0 Å². The van der Waals surface area contributed by atoms with Crippen molar-refractivity contribution in [2.75, 3.05) is 11.4 Å². The Hall–Kier alpha value is -2.41. The van der Waals surface area contributed by atoms with Crippen molar-refractivity contribution in [3.63, 3.8) is 0 Å². The predicted molar refractivity (Wildman–Crippen MR) is 74.1 cm³/mol. The molecule has 0 fully saturated rings. The van der Waals surface area contributed by atoms with E-state index in [1.54, 1.807) is 6.92 Å². The minimum absolute atomic E-state index is 0.0194. The maximum absolute atomic E-state index is 13.9. The summed E-state index contributed by atoms with van der Waals surface area (Å²) in [4.78, 5) is 23.2. The van der Waals surface area contributed by atoms with Crippen LogP contribution in [0.5, 0.6) is 0 Å². The molecule has 6 nitrogen and oxygen atoms in total. The van der Waals surface area contributed by atoms with Gasteiger partial charge in [-0.15, -0.1) is 0 Å². The number of nitrogens with zero attached hydrogens (tertiary/aromatic N) is 2. The molecule has 0 aliphatic rings. The molecule has 0 saturated carbocycles. The van der Waals surface area contributed by atoms with Crippen LogP contribution >= 0.6 is 11.6 Å². The average molecular weight is 313 g/mol. The second kappa shape index (κ2) is 5.92.